The fourth-order valence-corrected chi connectivity index (χ4v) is 2.47. The summed E-state index contributed by atoms with van der Waals surface area (Å²) in [6.07, 6.45) is -0.487. The maximum atomic E-state index is 11.7. The van der Waals surface area contributed by atoms with Crippen LogP contribution in [-0.2, 0) is 24.3 Å². The lowest BCUT2D eigenvalue weighted by Crippen LogP contribution is -2.19. The van der Waals surface area contributed by atoms with Crippen LogP contribution in [0, 0.1) is 0 Å². The molecule has 0 aliphatic heterocycles. The molecule has 0 aromatic heterocycles. The number of hydrogen-bond donors (Lipinski definition) is 3. The molecule has 0 aliphatic rings. The molecule has 21 heavy (non-hydrogen) atoms. The van der Waals surface area contributed by atoms with Crippen LogP contribution in [0.5, 0.6) is 0 Å². The summed E-state index contributed by atoms with van der Waals surface area (Å²) in [5.74, 6) is -2.09. The monoisotopic (exact) mass is 316 g/mol. The minimum absolute atomic E-state index is 0.117. The highest BCUT2D eigenvalue weighted by molar-refractivity contribution is 7.92. The molecule has 0 radical (unpaired) electrons. The van der Waals surface area contributed by atoms with E-state index in [-0.39, 0.29) is 18.2 Å². The van der Waals surface area contributed by atoms with Gasteiger partial charge >= 0.3 is 5.97 Å². The van der Waals surface area contributed by atoms with E-state index in [1.807, 2.05) is 0 Å². The van der Waals surface area contributed by atoms with Gasteiger partial charge in [0, 0.05) is 12.8 Å². The first-order valence-electron chi connectivity index (χ1n) is 5.93. The molecule has 0 bridgehead atoms. The summed E-state index contributed by atoms with van der Waals surface area (Å²) in [6.45, 7) is -0.117. The van der Waals surface area contributed by atoms with Gasteiger partial charge in [0.1, 0.15) is 6.61 Å². The van der Waals surface area contributed by atoms with E-state index >= 15 is 0 Å². The van der Waals surface area contributed by atoms with Gasteiger partial charge in [0.15, 0.2) is 0 Å². The number of anilines is 2. The summed E-state index contributed by atoms with van der Waals surface area (Å²) in [7, 11) is -2.37. The molecule has 0 unspecified atom stereocenters. The van der Waals surface area contributed by atoms with E-state index in [9.17, 15) is 18.0 Å². The number of methoxy groups -OCH3 is 1. The van der Waals surface area contributed by atoms with Crippen molar-refractivity contribution in [1.29, 1.82) is 0 Å². The largest absolute Gasteiger partial charge is 0.481 e. The number of sulfonamides is 1. The first-order chi connectivity index (χ1) is 9.82. The highest BCUT2D eigenvalue weighted by atomic mass is 32.2. The van der Waals surface area contributed by atoms with E-state index in [4.69, 9.17) is 5.11 Å². The van der Waals surface area contributed by atoms with Crippen LogP contribution in [0.25, 0.3) is 0 Å². The Morgan fingerprint density at radius 3 is 2.57 bits per heavy atom. The molecule has 0 spiro atoms. The summed E-state index contributed by atoms with van der Waals surface area (Å²) in [5, 5.41) is 11.0. The number of nitrogens with one attached hydrogen (secondary N) is 2. The third kappa shape index (κ3) is 6.72. The summed E-state index contributed by atoms with van der Waals surface area (Å²) in [6, 6.07) is 6.05. The van der Waals surface area contributed by atoms with E-state index < -0.39 is 28.2 Å². The van der Waals surface area contributed by atoms with Crippen LogP contribution in [0.15, 0.2) is 24.3 Å². The van der Waals surface area contributed by atoms with Crippen molar-refractivity contribution in [3.8, 4) is 0 Å². The number of carboxylic acid groups (broad SMARTS) is 1. The summed E-state index contributed by atoms with van der Waals surface area (Å²) < 4.78 is 30.2. The summed E-state index contributed by atoms with van der Waals surface area (Å²) in [4.78, 5) is 21.7. The predicted octanol–water partition coefficient (Wildman–Crippen LogP) is 0.488. The Morgan fingerprint density at radius 2 is 1.95 bits per heavy atom. The molecule has 0 saturated carbocycles. The zero-order chi connectivity index (χ0) is 15.9. The normalized spacial score (nSPS) is 10.9. The Labute approximate surface area is 122 Å². The van der Waals surface area contributed by atoms with E-state index in [0.29, 0.717) is 5.69 Å². The van der Waals surface area contributed by atoms with Crippen LogP contribution in [0.1, 0.15) is 6.42 Å². The SMILES string of the molecule is COCC(=O)Nc1cccc(NS(=O)(=O)CCC(=O)O)c1. The zero-order valence-electron chi connectivity index (χ0n) is 11.3. The Kier molecular flexibility index (Phi) is 6.12. The van der Waals surface area contributed by atoms with Crippen LogP contribution < -0.4 is 10.0 Å². The predicted molar refractivity (Wildman–Crippen MR) is 76.6 cm³/mol. The molecule has 9 heteroatoms. The van der Waals surface area contributed by atoms with Crippen LogP contribution in [0.4, 0.5) is 11.4 Å². The molecule has 1 amide bonds. The molecule has 0 aliphatic carbocycles. The van der Waals surface area contributed by atoms with Gasteiger partial charge < -0.3 is 15.2 Å². The standard InChI is InChI=1S/C12H16N2O6S/c1-20-8-11(15)13-9-3-2-4-10(7-9)14-21(18,19)6-5-12(16)17/h2-4,7,14H,5-6,8H2,1H3,(H,13,15)(H,16,17). The fourth-order valence-electron chi connectivity index (χ4n) is 1.44. The quantitative estimate of drug-likeness (QED) is 0.641. The fraction of sp³-hybridized carbons (Fsp3) is 0.333. The number of ether oxygens (including phenoxy) is 1. The smallest absolute Gasteiger partial charge is 0.304 e. The van der Waals surface area contributed by atoms with Crippen molar-refractivity contribution in [1.82, 2.24) is 0 Å². The second-order valence-corrected chi connectivity index (χ2v) is 5.97. The van der Waals surface area contributed by atoms with Crippen molar-refractivity contribution < 1.29 is 27.9 Å². The average Bonchev–Trinajstić information content (AvgIpc) is 2.36. The van der Waals surface area contributed by atoms with E-state index in [2.05, 4.69) is 14.8 Å². The second kappa shape index (κ2) is 7.60. The first-order valence-corrected chi connectivity index (χ1v) is 7.59. The van der Waals surface area contributed by atoms with Gasteiger partial charge in [-0.2, -0.15) is 0 Å². The maximum absolute atomic E-state index is 11.7. The first kappa shape index (κ1) is 16.9. The Morgan fingerprint density at radius 1 is 1.29 bits per heavy atom. The molecule has 0 fully saturated rings. The number of carbonyl (C=O) groups is 2. The van der Waals surface area contributed by atoms with Crippen molar-refractivity contribution >= 4 is 33.3 Å². The number of rotatable bonds is 8. The number of benzene rings is 1. The number of amides is 1. The van der Waals surface area contributed by atoms with Gasteiger partial charge in [-0.05, 0) is 18.2 Å². The maximum Gasteiger partial charge on any atom is 0.304 e. The molecule has 3 N–H and O–H groups in total. The van der Waals surface area contributed by atoms with Crippen molar-refractivity contribution in [3.05, 3.63) is 24.3 Å². The summed E-state index contributed by atoms with van der Waals surface area (Å²) in [5.41, 5.74) is 0.631. The number of aliphatic carboxylic acids is 1. The topological polar surface area (TPSA) is 122 Å². The molecule has 0 heterocycles. The summed E-state index contributed by atoms with van der Waals surface area (Å²) >= 11 is 0. The Hall–Kier alpha value is -2.13. The van der Waals surface area contributed by atoms with Crippen molar-refractivity contribution in [2.75, 3.05) is 29.5 Å². The van der Waals surface area contributed by atoms with Gasteiger partial charge in [-0.15, -0.1) is 0 Å². The van der Waals surface area contributed by atoms with Crippen LogP contribution in [-0.4, -0.2) is 44.9 Å². The van der Waals surface area contributed by atoms with Crippen LogP contribution in [0.2, 0.25) is 0 Å². The van der Waals surface area contributed by atoms with Gasteiger partial charge in [-0.1, -0.05) is 6.07 Å². The van der Waals surface area contributed by atoms with Gasteiger partial charge in [0.05, 0.1) is 17.9 Å². The molecule has 1 aromatic rings. The lowest BCUT2D eigenvalue weighted by molar-refractivity contribution is -0.136. The Balaban J connectivity index is 2.72. The molecule has 1 aromatic carbocycles. The van der Waals surface area contributed by atoms with Crippen molar-refractivity contribution in [3.63, 3.8) is 0 Å². The van der Waals surface area contributed by atoms with Gasteiger partial charge in [-0.3, -0.25) is 14.3 Å². The van der Waals surface area contributed by atoms with E-state index in [1.165, 1.54) is 19.2 Å². The average molecular weight is 316 g/mol. The highest BCUT2D eigenvalue weighted by Crippen LogP contribution is 2.16. The minimum atomic E-state index is -3.75. The van der Waals surface area contributed by atoms with Crippen LogP contribution >= 0.6 is 0 Å². The number of hydrogen-bond acceptors (Lipinski definition) is 5. The molecule has 0 atom stereocenters. The zero-order valence-corrected chi connectivity index (χ0v) is 12.1. The minimum Gasteiger partial charge on any atom is -0.481 e. The van der Waals surface area contributed by atoms with Gasteiger partial charge in [0.25, 0.3) is 0 Å². The van der Waals surface area contributed by atoms with E-state index in [0.717, 1.165) is 0 Å². The molecule has 116 valence electrons. The number of carbonyl (C=O) groups excluding carboxylic acids is 1. The molecule has 1 rings (SSSR count). The van der Waals surface area contributed by atoms with Crippen molar-refractivity contribution in [2.45, 2.75) is 6.42 Å². The molecule has 8 nitrogen and oxygen atoms in total. The Bertz CT molecular complexity index is 614. The highest BCUT2D eigenvalue weighted by Gasteiger charge is 2.13. The lowest BCUT2D eigenvalue weighted by atomic mass is 10.3. The van der Waals surface area contributed by atoms with E-state index in [1.54, 1.807) is 12.1 Å². The number of carboxylic acids is 1. The third-order valence-corrected chi connectivity index (χ3v) is 3.57. The molecule has 0 saturated heterocycles. The molecular weight excluding hydrogens is 300 g/mol. The van der Waals surface area contributed by atoms with Gasteiger partial charge in [0.2, 0.25) is 15.9 Å². The molecular formula is C12H16N2O6S. The lowest BCUT2D eigenvalue weighted by Gasteiger charge is -2.09. The van der Waals surface area contributed by atoms with Crippen molar-refractivity contribution in [2.24, 2.45) is 0 Å². The second-order valence-electron chi connectivity index (χ2n) is 4.13. The van der Waals surface area contributed by atoms with Gasteiger partial charge in [-0.25, -0.2) is 8.42 Å². The third-order valence-electron chi connectivity index (χ3n) is 2.28. The van der Waals surface area contributed by atoms with Crippen LogP contribution in [0.3, 0.4) is 0 Å².